The lowest BCUT2D eigenvalue weighted by molar-refractivity contribution is 0.185. The maximum atomic E-state index is 13.9. The maximum Gasteiger partial charge on any atom is 0.218 e. The summed E-state index contributed by atoms with van der Waals surface area (Å²) < 4.78 is 26.4. The first-order valence-electron chi connectivity index (χ1n) is 8.09. The van der Waals surface area contributed by atoms with Crippen molar-refractivity contribution in [1.29, 1.82) is 0 Å². The number of benzene rings is 1. The molecular formula is C19H20FN3O2. The maximum absolute atomic E-state index is 13.9. The van der Waals surface area contributed by atoms with Crippen LogP contribution in [0, 0.1) is 5.82 Å². The SMILES string of the molecule is CCc1ccc(COc2ccnn2-c2cc(COC)ccn2)cc1F. The van der Waals surface area contributed by atoms with E-state index in [1.165, 1.54) is 6.07 Å². The highest BCUT2D eigenvalue weighted by molar-refractivity contribution is 5.31. The summed E-state index contributed by atoms with van der Waals surface area (Å²) in [5.74, 6) is 0.982. The molecule has 0 fully saturated rings. The zero-order chi connectivity index (χ0) is 17.6. The minimum Gasteiger partial charge on any atom is -0.473 e. The Labute approximate surface area is 146 Å². The third-order valence-electron chi connectivity index (χ3n) is 3.83. The lowest BCUT2D eigenvalue weighted by Gasteiger charge is -2.10. The minimum atomic E-state index is -0.203. The van der Waals surface area contributed by atoms with Crippen LogP contribution in [0.2, 0.25) is 0 Å². The lowest BCUT2D eigenvalue weighted by atomic mass is 10.1. The number of hydrogen-bond donors (Lipinski definition) is 0. The van der Waals surface area contributed by atoms with Crippen molar-refractivity contribution in [2.75, 3.05) is 7.11 Å². The smallest absolute Gasteiger partial charge is 0.218 e. The number of pyridine rings is 1. The van der Waals surface area contributed by atoms with Gasteiger partial charge in [0.2, 0.25) is 5.88 Å². The fourth-order valence-electron chi connectivity index (χ4n) is 2.53. The summed E-state index contributed by atoms with van der Waals surface area (Å²) in [6.45, 7) is 2.68. The van der Waals surface area contributed by atoms with Gasteiger partial charge in [-0.05, 0) is 41.3 Å². The summed E-state index contributed by atoms with van der Waals surface area (Å²) in [5.41, 5.74) is 2.46. The van der Waals surface area contributed by atoms with E-state index in [4.69, 9.17) is 9.47 Å². The Kier molecular flexibility index (Phi) is 5.40. The second kappa shape index (κ2) is 7.90. The highest BCUT2D eigenvalue weighted by Gasteiger charge is 2.09. The molecule has 0 aliphatic heterocycles. The van der Waals surface area contributed by atoms with Gasteiger partial charge in [0.1, 0.15) is 12.4 Å². The van der Waals surface area contributed by atoms with Crippen molar-refractivity contribution in [3.63, 3.8) is 0 Å². The van der Waals surface area contributed by atoms with E-state index in [0.29, 0.717) is 30.3 Å². The van der Waals surface area contributed by atoms with Crippen LogP contribution in [0.1, 0.15) is 23.6 Å². The van der Waals surface area contributed by atoms with E-state index < -0.39 is 0 Å². The fourth-order valence-corrected chi connectivity index (χ4v) is 2.53. The molecule has 3 aromatic rings. The number of halogens is 1. The predicted octanol–water partition coefficient (Wildman–Crippen LogP) is 3.69. The number of aryl methyl sites for hydroxylation is 1. The first kappa shape index (κ1) is 17.1. The van der Waals surface area contributed by atoms with Crippen molar-refractivity contribution in [3.8, 4) is 11.7 Å². The Morgan fingerprint density at radius 1 is 1.04 bits per heavy atom. The normalized spacial score (nSPS) is 10.8. The van der Waals surface area contributed by atoms with E-state index in [9.17, 15) is 4.39 Å². The first-order valence-corrected chi connectivity index (χ1v) is 8.09. The fraction of sp³-hybridized carbons (Fsp3) is 0.263. The Hall–Kier alpha value is -2.73. The van der Waals surface area contributed by atoms with E-state index in [1.807, 2.05) is 25.1 Å². The molecule has 0 amide bonds. The molecule has 0 radical (unpaired) electrons. The summed E-state index contributed by atoms with van der Waals surface area (Å²) in [6.07, 6.45) is 4.01. The van der Waals surface area contributed by atoms with Gasteiger partial charge in [-0.3, -0.25) is 0 Å². The minimum absolute atomic E-state index is 0.203. The Morgan fingerprint density at radius 2 is 1.88 bits per heavy atom. The quantitative estimate of drug-likeness (QED) is 0.657. The van der Waals surface area contributed by atoms with Gasteiger partial charge in [0.05, 0.1) is 12.8 Å². The van der Waals surface area contributed by atoms with E-state index in [-0.39, 0.29) is 12.4 Å². The van der Waals surface area contributed by atoms with Crippen molar-refractivity contribution >= 4 is 0 Å². The summed E-state index contributed by atoms with van der Waals surface area (Å²) in [4.78, 5) is 4.32. The molecule has 3 rings (SSSR count). The first-order chi connectivity index (χ1) is 12.2. The van der Waals surface area contributed by atoms with E-state index in [0.717, 1.165) is 11.1 Å². The van der Waals surface area contributed by atoms with Crippen molar-refractivity contribution in [3.05, 3.63) is 71.3 Å². The van der Waals surface area contributed by atoms with Gasteiger partial charge in [-0.25, -0.2) is 9.37 Å². The molecular weight excluding hydrogens is 321 g/mol. The van der Waals surface area contributed by atoms with Gasteiger partial charge in [-0.1, -0.05) is 19.1 Å². The standard InChI is InChI=1S/C19H20FN3O2/c1-3-16-5-4-14(10-17(16)20)13-25-19-7-9-22-23(19)18-11-15(12-24-2)6-8-21-18/h4-11H,3,12-13H2,1-2H3. The number of aromatic nitrogens is 3. The molecule has 25 heavy (non-hydrogen) atoms. The van der Waals surface area contributed by atoms with Gasteiger partial charge in [0.25, 0.3) is 0 Å². The van der Waals surface area contributed by atoms with Crippen LogP contribution < -0.4 is 4.74 Å². The van der Waals surface area contributed by atoms with Crippen LogP contribution in [-0.4, -0.2) is 21.9 Å². The van der Waals surface area contributed by atoms with E-state index in [2.05, 4.69) is 10.1 Å². The molecule has 130 valence electrons. The van der Waals surface area contributed by atoms with Gasteiger partial charge in [-0.15, -0.1) is 0 Å². The molecule has 0 unspecified atom stereocenters. The number of nitrogens with zero attached hydrogens (tertiary/aromatic N) is 3. The van der Waals surface area contributed by atoms with Gasteiger partial charge in [-0.2, -0.15) is 9.78 Å². The summed E-state index contributed by atoms with van der Waals surface area (Å²) in [6, 6.07) is 10.7. The van der Waals surface area contributed by atoms with Crippen molar-refractivity contribution in [2.45, 2.75) is 26.6 Å². The van der Waals surface area contributed by atoms with Gasteiger partial charge < -0.3 is 9.47 Å². The topological polar surface area (TPSA) is 49.2 Å². The average Bonchev–Trinajstić information content (AvgIpc) is 3.09. The van der Waals surface area contributed by atoms with Crippen molar-refractivity contribution in [1.82, 2.24) is 14.8 Å². The van der Waals surface area contributed by atoms with Gasteiger partial charge >= 0.3 is 0 Å². The Bertz CT molecular complexity index is 848. The Balaban J connectivity index is 1.76. The molecule has 2 heterocycles. The van der Waals surface area contributed by atoms with Gasteiger partial charge in [0, 0.05) is 19.4 Å². The highest BCUT2D eigenvalue weighted by atomic mass is 19.1. The number of ether oxygens (including phenoxy) is 2. The molecule has 2 aromatic heterocycles. The summed E-state index contributed by atoms with van der Waals surface area (Å²) in [5, 5.41) is 4.26. The van der Waals surface area contributed by atoms with Crippen LogP contribution in [-0.2, 0) is 24.4 Å². The average molecular weight is 341 g/mol. The molecule has 1 aromatic carbocycles. The molecule has 0 aliphatic rings. The molecule has 5 nitrogen and oxygen atoms in total. The molecule has 0 bridgehead atoms. The number of methoxy groups -OCH3 is 1. The highest BCUT2D eigenvalue weighted by Crippen LogP contribution is 2.19. The molecule has 0 spiro atoms. The molecule has 0 aliphatic carbocycles. The second-order valence-electron chi connectivity index (χ2n) is 5.60. The van der Waals surface area contributed by atoms with Crippen molar-refractivity contribution < 1.29 is 13.9 Å². The summed E-state index contributed by atoms with van der Waals surface area (Å²) >= 11 is 0. The molecule has 0 saturated carbocycles. The van der Waals surface area contributed by atoms with Crippen molar-refractivity contribution in [2.24, 2.45) is 0 Å². The van der Waals surface area contributed by atoms with E-state index in [1.54, 1.807) is 36.3 Å². The largest absolute Gasteiger partial charge is 0.473 e. The third kappa shape index (κ3) is 4.03. The van der Waals surface area contributed by atoms with Crippen LogP contribution in [0.5, 0.6) is 5.88 Å². The molecule has 0 saturated heterocycles. The zero-order valence-electron chi connectivity index (χ0n) is 14.3. The zero-order valence-corrected chi connectivity index (χ0v) is 14.3. The monoisotopic (exact) mass is 341 g/mol. The number of rotatable bonds is 7. The number of hydrogen-bond acceptors (Lipinski definition) is 4. The molecule has 0 atom stereocenters. The molecule has 0 N–H and O–H groups in total. The van der Waals surface area contributed by atoms with E-state index >= 15 is 0 Å². The summed E-state index contributed by atoms with van der Waals surface area (Å²) in [7, 11) is 1.64. The predicted molar refractivity (Wildman–Crippen MR) is 92.2 cm³/mol. The van der Waals surface area contributed by atoms with Crippen LogP contribution in [0.3, 0.4) is 0 Å². The third-order valence-corrected chi connectivity index (χ3v) is 3.83. The van der Waals surface area contributed by atoms with Crippen LogP contribution in [0.4, 0.5) is 4.39 Å². The van der Waals surface area contributed by atoms with Crippen LogP contribution >= 0.6 is 0 Å². The lowest BCUT2D eigenvalue weighted by Crippen LogP contribution is -2.06. The van der Waals surface area contributed by atoms with Crippen LogP contribution in [0.15, 0.2) is 48.8 Å². The van der Waals surface area contributed by atoms with Crippen LogP contribution in [0.25, 0.3) is 5.82 Å². The van der Waals surface area contributed by atoms with Gasteiger partial charge in [0.15, 0.2) is 5.82 Å². The Morgan fingerprint density at radius 3 is 2.64 bits per heavy atom. The molecule has 6 heteroatoms. The second-order valence-corrected chi connectivity index (χ2v) is 5.60.